The van der Waals surface area contributed by atoms with E-state index in [0.717, 1.165) is 0 Å². The van der Waals surface area contributed by atoms with E-state index in [1.54, 1.807) is 0 Å². The smallest absolute Gasteiger partial charge is 0.0146 e. The highest BCUT2D eigenvalue weighted by atomic mass is 14.0. The largest absolute Gasteiger partial charge is 0.0648 e. The monoisotopic (exact) mass is 133 g/mol. The van der Waals surface area contributed by atoms with Gasteiger partial charge in [-0.1, -0.05) is 38.1 Å². The van der Waals surface area contributed by atoms with Crippen molar-refractivity contribution in [2.24, 2.45) is 0 Å². The van der Waals surface area contributed by atoms with Crippen molar-refractivity contribution in [3.8, 4) is 0 Å². The second-order valence-electron chi connectivity index (χ2n) is 2.63. The summed E-state index contributed by atoms with van der Waals surface area (Å²) in [7, 11) is 0. The fourth-order valence-corrected chi connectivity index (χ4v) is 0.934. The van der Waals surface area contributed by atoms with E-state index in [-0.39, 0.29) is 0 Å². The highest BCUT2D eigenvalue weighted by Gasteiger charge is 1.99. The SMILES string of the molecule is CCC(C)c1[c]cccc1. The van der Waals surface area contributed by atoms with Gasteiger partial charge in [0.1, 0.15) is 0 Å². The van der Waals surface area contributed by atoms with Crippen LogP contribution in [0, 0.1) is 6.07 Å². The van der Waals surface area contributed by atoms with Crippen molar-refractivity contribution in [3.63, 3.8) is 0 Å². The van der Waals surface area contributed by atoms with Gasteiger partial charge in [0, 0.05) is 0 Å². The molecule has 0 nitrogen and oxygen atoms in total. The molecule has 0 saturated carbocycles. The molecule has 0 aliphatic carbocycles. The van der Waals surface area contributed by atoms with Gasteiger partial charge in [-0.15, -0.1) is 0 Å². The molecule has 1 aromatic carbocycles. The van der Waals surface area contributed by atoms with E-state index in [1.165, 1.54) is 12.0 Å². The van der Waals surface area contributed by atoms with Gasteiger partial charge in [-0.25, -0.2) is 0 Å². The Morgan fingerprint density at radius 1 is 1.50 bits per heavy atom. The van der Waals surface area contributed by atoms with Crippen LogP contribution in [0.4, 0.5) is 0 Å². The molecular weight excluding hydrogens is 120 g/mol. The van der Waals surface area contributed by atoms with E-state index in [0.29, 0.717) is 5.92 Å². The molecule has 1 aromatic rings. The summed E-state index contributed by atoms with van der Waals surface area (Å²) < 4.78 is 0. The second kappa shape index (κ2) is 3.40. The van der Waals surface area contributed by atoms with Crippen LogP contribution in [0.1, 0.15) is 31.7 Å². The Hall–Kier alpha value is -0.780. The summed E-state index contributed by atoms with van der Waals surface area (Å²) >= 11 is 0. The molecule has 0 bridgehead atoms. The van der Waals surface area contributed by atoms with E-state index < -0.39 is 0 Å². The molecule has 0 aliphatic rings. The van der Waals surface area contributed by atoms with E-state index in [2.05, 4.69) is 32.0 Å². The predicted molar refractivity (Wildman–Crippen MR) is 44.0 cm³/mol. The molecule has 0 amide bonds. The van der Waals surface area contributed by atoms with Crippen LogP contribution in [0.5, 0.6) is 0 Å². The quantitative estimate of drug-likeness (QED) is 0.581. The lowest BCUT2D eigenvalue weighted by atomic mass is 9.99. The Bertz CT molecular complexity index is 176. The minimum atomic E-state index is 0.654. The first-order valence-corrected chi connectivity index (χ1v) is 3.81. The lowest BCUT2D eigenvalue weighted by Crippen LogP contribution is -1.89. The third-order valence-corrected chi connectivity index (χ3v) is 1.88. The molecule has 0 N–H and O–H groups in total. The lowest BCUT2D eigenvalue weighted by Gasteiger charge is -2.06. The van der Waals surface area contributed by atoms with E-state index >= 15 is 0 Å². The first-order valence-electron chi connectivity index (χ1n) is 3.81. The molecule has 10 heavy (non-hydrogen) atoms. The predicted octanol–water partition coefficient (Wildman–Crippen LogP) is 3.00. The molecule has 53 valence electrons. The van der Waals surface area contributed by atoms with Gasteiger partial charge >= 0.3 is 0 Å². The minimum Gasteiger partial charge on any atom is -0.0648 e. The maximum atomic E-state index is 3.22. The summed E-state index contributed by atoms with van der Waals surface area (Å²) in [6.07, 6.45) is 1.19. The van der Waals surface area contributed by atoms with Crippen LogP contribution < -0.4 is 0 Å². The molecule has 0 aliphatic heterocycles. The topological polar surface area (TPSA) is 0 Å². The molecule has 0 aromatic heterocycles. The van der Waals surface area contributed by atoms with Crippen LogP contribution in [-0.2, 0) is 0 Å². The number of benzene rings is 1. The molecule has 0 spiro atoms. The Balaban J connectivity index is 2.75. The molecule has 0 heteroatoms. The van der Waals surface area contributed by atoms with Crippen molar-refractivity contribution >= 4 is 0 Å². The lowest BCUT2D eigenvalue weighted by molar-refractivity contribution is 0.732. The Morgan fingerprint density at radius 2 is 2.30 bits per heavy atom. The summed E-state index contributed by atoms with van der Waals surface area (Å²) in [5.74, 6) is 0.654. The van der Waals surface area contributed by atoms with Gasteiger partial charge in [-0.05, 0) is 24.0 Å². The zero-order valence-corrected chi connectivity index (χ0v) is 6.59. The van der Waals surface area contributed by atoms with E-state index in [4.69, 9.17) is 0 Å². The van der Waals surface area contributed by atoms with Crippen LogP contribution in [0.25, 0.3) is 0 Å². The van der Waals surface area contributed by atoms with Gasteiger partial charge < -0.3 is 0 Å². The van der Waals surface area contributed by atoms with Crippen molar-refractivity contribution in [1.82, 2.24) is 0 Å². The molecule has 1 rings (SSSR count). The maximum absolute atomic E-state index is 3.22. The summed E-state index contributed by atoms with van der Waals surface area (Å²) in [6, 6.07) is 11.4. The van der Waals surface area contributed by atoms with Crippen LogP contribution in [0.15, 0.2) is 24.3 Å². The third kappa shape index (κ3) is 1.60. The number of hydrogen-bond acceptors (Lipinski definition) is 0. The molecule has 1 atom stereocenters. The standard InChI is InChI=1S/C10H13/c1-3-9(2)10-7-5-4-6-8-10/h4-7,9H,3H2,1-2H3. The van der Waals surface area contributed by atoms with Crippen LogP contribution in [0.3, 0.4) is 0 Å². The van der Waals surface area contributed by atoms with Gasteiger partial charge in [-0.3, -0.25) is 0 Å². The third-order valence-electron chi connectivity index (χ3n) is 1.88. The fraction of sp³-hybridized carbons (Fsp3) is 0.400. The second-order valence-corrected chi connectivity index (χ2v) is 2.63. The van der Waals surface area contributed by atoms with Crippen molar-refractivity contribution in [2.45, 2.75) is 26.2 Å². The zero-order chi connectivity index (χ0) is 7.40. The summed E-state index contributed by atoms with van der Waals surface area (Å²) in [5, 5.41) is 0. The van der Waals surface area contributed by atoms with Crippen molar-refractivity contribution in [1.29, 1.82) is 0 Å². The maximum Gasteiger partial charge on any atom is -0.0146 e. The van der Waals surface area contributed by atoms with Crippen molar-refractivity contribution in [3.05, 3.63) is 35.9 Å². The summed E-state index contributed by atoms with van der Waals surface area (Å²) in [5.41, 5.74) is 1.32. The minimum absolute atomic E-state index is 0.654. The molecule has 0 heterocycles. The van der Waals surface area contributed by atoms with Crippen molar-refractivity contribution < 1.29 is 0 Å². The summed E-state index contributed by atoms with van der Waals surface area (Å²) in [4.78, 5) is 0. The van der Waals surface area contributed by atoms with Gasteiger partial charge in [0.2, 0.25) is 0 Å². The molecule has 1 unspecified atom stereocenters. The number of rotatable bonds is 2. The summed E-state index contributed by atoms with van der Waals surface area (Å²) in [6.45, 7) is 4.43. The molecule has 0 saturated heterocycles. The normalized spacial score (nSPS) is 13.0. The Morgan fingerprint density at radius 3 is 2.80 bits per heavy atom. The molecule has 1 radical (unpaired) electrons. The van der Waals surface area contributed by atoms with Crippen molar-refractivity contribution in [2.75, 3.05) is 0 Å². The first-order chi connectivity index (χ1) is 4.84. The average molecular weight is 133 g/mol. The van der Waals surface area contributed by atoms with Gasteiger partial charge in [0.15, 0.2) is 0 Å². The van der Waals surface area contributed by atoms with Crippen LogP contribution >= 0.6 is 0 Å². The highest BCUT2D eigenvalue weighted by Crippen LogP contribution is 2.16. The Kier molecular flexibility index (Phi) is 2.49. The van der Waals surface area contributed by atoms with E-state index in [1.807, 2.05) is 12.1 Å². The fourth-order valence-electron chi connectivity index (χ4n) is 0.934. The molecular formula is C10H13. The van der Waals surface area contributed by atoms with E-state index in [9.17, 15) is 0 Å². The Labute approximate surface area is 62.9 Å². The number of hydrogen-bond donors (Lipinski definition) is 0. The van der Waals surface area contributed by atoms with Gasteiger partial charge in [-0.2, -0.15) is 0 Å². The van der Waals surface area contributed by atoms with Crippen LogP contribution in [0.2, 0.25) is 0 Å². The highest BCUT2D eigenvalue weighted by molar-refractivity contribution is 5.16. The van der Waals surface area contributed by atoms with Gasteiger partial charge in [0.25, 0.3) is 0 Å². The molecule has 0 fully saturated rings. The van der Waals surface area contributed by atoms with Gasteiger partial charge in [0.05, 0.1) is 0 Å². The zero-order valence-electron chi connectivity index (χ0n) is 6.59. The first kappa shape index (κ1) is 7.33. The average Bonchev–Trinajstić information content (AvgIpc) is 2.05. The van der Waals surface area contributed by atoms with Crippen LogP contribution in [-0.4, -0.2) is 0 Å².